The summed E-state index contributed by atoms with van der Waals surface area (Å²) >= 11 is 10.2. The van der Waals surface area contributed by atoms with Crippen LogP contribution in [-0.4, -0.2) is 8.42 Å². The highest BCUT2D eigenvalue weighted by Crippen LogP contribution is 2.30. The van der Waals surface area contributed by atoms with Gasteiger partial charge in [-0.3, -0.25) is 4.72 Å². The van der Waals surface area contributed by atoms with E-state index < -0.39 is 10.0 Å². The number of nitrogens with one attached hydrogen (secondary N) is 1. The Labute approximate surface area is 123 Å². The average molecular weight is 367 g/mol. The fourth-order valence-electron chi connectivity index (χ4n) is 1.40. The highest BCUT2D eigenvalue weighted by Gasteiger charge is 2.19. The Morgan fingerprint density at radius 1 is 1.33 bits per heavy atom. The third kappa shape index (κ3) is 2.88. The predicted molar refractivity (Wildman–Crippen MR) is 79.0 cm³/mol. The SMILES string of the molecule is Cc1cc(Cl)ccc1NS(=O)(=O)c1sccc1Br. The van der Waals surface area contributed by atoms with Crippen LogP contribution in [0.4, 0.5) is 5.69 Å². The molecule has 1 aromatic carbocycles. The number of aryl methyl sites for hydroxylation is 1. The molecule has 1 aromatic heterocycles. The molecule has 1 heterocycles. The maximum Gasteiger partial charge on any atom is 0.272 e. The Hall–Kier alpha value is -0.560. The lowest BCUT2D eigenvalue weighted by Crippen LogP contribution is -2.12. The zero-order chi connectivity index (χ0) is 13.3. The lowest BCUT2D eigenvalue weighted by atomic mass is 10.2. The van der Waals surface area contributed by atoms with E-state index in [0.29, 0.717) is 15.2 Å². The van der Waals surface area contributed by atoms with Gasteiger partial charge in [0.25, 0.3) is 10.0 Å². The summed E-state index contributed by atoms with van der Waals surface area (Å²) in [5.74, 6) is 0. The third-order valence-corrected chi connectivity index (χ3v) is 6.53. The standard InChI is InChI=1S/C11H9BrClNO2S2/c1-7-6-8(13)2-3-10(7)14-18(15,16)11-9(12)4-5-17-11/h2-6,14H,1H3. The van der Waals surface area contributed by atoms with Crippen molar-refractivity contribution in [2.24, 2.45) is 0 Å². The number of rotatable bonds is 3. The molecule has 0 atom stereocenters. The van der Waals surface area contributed by atoms with E-state index in [4.69, 9.17) is 11.6 Å². The molecule has 0 amide bonds. The van der Waals surface area contributed by atoms with Gasteiger partial charge >= 0.3 is 0 Å². The molecule has 0 unspecified atom stereocenters. The second-order valence-electron chi connectivity index (χ2n) is 3.62. The van der Waals surface area contributed by atoms with Crippen molar-refractivity contribution in [3.05, 3.63) is 44.7 Å². The molecule has 2 rings (SSSR count). The summed E-state index contributed by atoms with van der Waals surface area (Å²) in [6.45, 7) is 1.80. The smallest absolute Gasteiger partial charge is 0.272 e. The van der Waals surface area contributed by atoms with Crippen LogP contribution in [0.2, 0.25) is 5.02 Å². The normalized spacial score (nSPS) is 11.5. The van der Waals surface area contributed by atoms with Gasteiger partial charge in [0, 0.05) is 9.50 Å². The summed E-state index contributed by atoms with van der Waals surface area (Å²) in [6, 6.07) is 6.71. The first-order valence-electron chi connectivity index (χ1n) is 4.92. The van der Waals surface area contributed by atoms with Crippen LogP contribution in [0.25, 0.3) is 0 Å². The van der Waals surface area contributed by atoms with Crippen molar-refractivity contribution in [3.63, 3.8) is 0 Å². The molecular weight excluding hydrogens is 358 g/mol. The maximum absolute atomic E-state index is 12.2. The van der Waals surface area contributed by atoms with Crippen LogP contribution in [0.3, 0.4) is 0 Å². The number of halogens is 2. The van der Waals surface area contributed by atoms with Crippen molar-refractivity contribution in [1.29, 1.82) is 0 Å². The van der Waals surface area contributed by atoms with Gasteiger partial charge in [-0.2, -0.15) is 0 Å². The highest BCUT2D eigenvalue weighted by molar-refractivity contribution is 9.10. The summed E-state index contributed by atoms with van der Waals surface area (Å²) in [4.78, 5) is 0. The van der Waals surface area contributed by atoms with Crippen LogP contribution >= 0.6 is 38.9 Å². The first-order chi connectivity index (χ1) is 8.40. The Balaban J connectivity index is 2.37. The summed E-state index contributed by atoms with van der Waals surface area (Å²) in [5.41, 5.74) is 1.30. The van der Waals surface area contributed by atoms with Gasteiger partial charge in [-0.1, -0.05) is 11.6 Å². The molecule has 0 spiro atoms. The predicted octanol–water partition coefficient (Wildman–Crippen LogP) is 4.27. The fraction of sp³-hybridized carbons (Fsp3) is 0.0909. The number of hydrogen-bond donors (Lipinski definition) is 1. The lowest BCUT2D eigenvalue weighted by molar-refractivity contribution is 0.603. The van der Waals surface area contributed by atoms with E-state index in [2.05, 4.69) is 20.7 Å². The Kier molecular flexibility index (Phi) is 4.01. The highest BCUT2D eigenvalue weighted by atomic mass is 79.9. The fourth-order valence-corrected chi connectivity index (χ4v) is 5.10. The van der Waals surface area contributed by atoms with E-state index in [-0.39, 0.29) is 4.21 Å². The van der Waals surface area contributed by atoms with Crippen molar-refractivity contribution in [1.82, 2.24) is 0 Å². The molecule has 3 nitrogen and oxygen atoms in total. The van der Waals surface area contributed by atoms with Crippen molar-refractivity contribution in [2.75, 3.05) is 4.72 Å². The van der Waals surface area contributed by atoms with Gasteiger partial charge in [0.1, 0.15) is 0 Å². The van der Waals surface area contributed by atoms with E-state index in [1.807, 2.05) is 0 Å². The van der Waals surface area contributed by atoms with E-state index >= 15 is 0 Å². The van der Waals surface area contributed by atoms with Crippen molar-refractivity contribution in [2.45, 2.75) is 11.1 Å². The molecule has 0 aliphatic rings. The van der Waals surface area contributed by atoms with Gasteiger partial charge in [-0.05, 0) is 58.1 Å². The first kappa shape index (κ1) is 13.9. The van der Waals surface area contributed by atoms with Crippen LogP contribution in [0.1, 0.15) is 5.56 Å². The van der Waals surface area contributed by atoms with Crippen LogP contribution in [0, 0.1) is 6.92 Å². The summed E-state index contributed by atoms with van der Waals surface area (Å²) in [6.07, 6.45) is 0. The van der Waals surface area contributed by atoms with E-state index in [9.17, 15) is 8.42 Å². The molecule has 0 fully saturated rings. The van der Waals surface area contributed by atoms with E-state index in [0.717, 1.165) is 16.9 Å². The van der Waals surface area contributed by atoms with E-state index in [1.165, 1.54) is 0 Å². The molecule has 2 aromatic rings. The van der Waals surface area contributed by atoms with Gasteiger partial charge in [-0.15, -0.1) is 11.3 Å². The van der Waals surface area contributed by atoms with Crippen molar-refractivity contribution >= 4 is 54.6 Å². The van der Waals surface area contributed by atoms with Gasteiger partial charge < -0.3 is 0 Å². The quantitative estimate of drug-likeness (QED) is 0.881. The average Bonchev–Trinajstić information content (AvgIpc) is 2.69. The molecule has 1 N–H and O–H groups in total. The molecule has 96 valence electrons. The molecule has 7 heteroatoms. The lowest BCUT2D eigenvalue weighted by Gasteiger charge is -2.09. The molecule has 0 saturated heterocycles. The zero-order valence-corrected chi connectivity index (χ0v) is 13.3. The molecule has 0 radical (unpaired) electrons. The van der Waals surface area contributed by atoms with Crippen LogP contribution in [-0.2, 0) is 10.0 Å². The minimum Gasteiger partial charge on any atom is -0.279 e. The van der Waals surface area contributed by atoms with Gasteiger partial charge in [0.05, 0.1) is 5.69 Å². The number of hydrogen-bond acceptors (Lipinski definition) is 3. The monoisotopic (exact) mass is 365 g/mol. The summed E-state index contributed by atoms with van der Waals surface area (Å²) in [7, 11) is -3.56. The van der Waals surface area contributed by atoms with Crippen molar-refractivity contribution in [3.8, 4) is 0 Å². The summed E-state index contributed by atoms with van der Waals surface area (Å²) in [5, 5.41) is 2.29. The van der Waals surface area contributed by atoms with Gasteiger partial charge in [0.15, 0.2) is 4.21 Å². The Morgan fingerprint density at radius 2 is 2.06 bits per heavy atom. The minimum atomic E-state index is -3.56. The second-order valence-corrected chi connectivity index (χ2v) is 7.71. The molecular formula is C11H9BrClNO2S2. The van der Waals surface area contributed by atoms with Crippen LogP contribution in [0.15, 0.2) is 38.3 Å². The van der Waals surface area contributed by atoms with Crippen molar-refractivity contribution < 1.29 is 8.42 Å². The number of anilines is 1. The molecule has 0 aliphatic heterocycles. The second kappa shape index (κ2) is 5.21. The largest absolute Gasteiger partial charge is 0.279 e. The molecule has 0 aliphatic carbocycles. The zero-order valence-electron chi connectivity index (χ0n) is 9.28. The third-order valence-electron chi connectivity index (χ3n) is 2.26. The number of sulfonamides is 1. The van der Waals surface area contributed by atoms with Crippen LogP contribution < -0.4 is 4.72 Å². The Morgan fingerprint density at radius 3 is 2.61 bits per heavy atom. The van der Waals surface area contributed by atoms with Gasteiger partial charge in [-0.25, -0.2) is 8.42 Å². The Bertz CT molecular complexity index is 682. The topological polar surface area (TPSA) is 46.2 Å². The number of thiophene rings is 1. The molecule has 18 heavy (non-hydrogen) atoms. The molecule has 0 bridgehead atoms. The first-order valence-corrected chi connectivity index (χ1v) is 8.45. The maximum atomic E-state index is 12.2. The van der Waals surface area contributed by atoms with E-state index in [1.54, 1.807) is 36.6 Å². The van der Waals surface area contributed by atoms with Crippen LogP contribution in [0.5, 0.6) is 0 Å². The van der Waals surface area contributed by atoms with Gasteiger partial charge in [0.2, 0.25) is 0 Å². The number of benzene rings is 1. The minimum absolute atomic E-state index is 0.261. The molecule has 0 saturated carbocycles. The summed E-state index contributed by atoms with van der Waals surface area (Å²) < 4.78 is 27.7.